The van der Waals surface area contributed by atoms with Crippen molar-refractivity contribution >= 4 is 7.82 Å². The molecule has 0 spiro atoms. The molecular formula is C26H55NO6P+. The van der Waals surface area contributed by atoms with Crippen LogP contribution in [0.2, 0.25) is 0 Å². The Morgan fingerprint density at radius 2 is 1.29 bits per heavy atom. The number of phosphoric acid groups is 1. The minimum absolute atomic E-state index is 0.0873. The van der Waals surface area contributed by atoms with E-state index in [2.05, 4.69) is 19.1 Å². The Morgan fingerprint density at radius 3 is 1.85 bits per heavy atom. The van der Waals surface area contributed by atoms with Gasteiger partial charge in [-0.15, -0.1) is 0 Å². The second kappa shape index (κ2) is 22.0. The van der Waals surface area contributed by atoms with Gasteiger partial charge in [-0.1, -0.05) is 76.9 Å². The molecular weight excluding hydrogens is 453 g/mol. The van der Waals surface area contributed by atoms with Crippen molar-refractivity contribution in [1.82, 2.24) is 0 Å². The Morgan fingerprint density at radius 1 is 0.765 bits per heavy atom. The molecule has 1 unspecified atom stereocenters. The van der Waals surface area contributed by atoms with Crippen molar-refractivity contribution < 1.29 is 32.8 Å². The summed E-state index contributed by atoms with van der Waals surface area (Å²) in [5.41, 5.74) is 0. The molecule has 7 nitrogen and oxygen atoms in total. The number of quaternary nitrogens is 1. The molecule has 34 heavy (non-hydrogen) atoms. The summed E-state index contributed by atoms with van der Waals surface area (Å²) in [5.74, 6) is 0. The van der Waals surface area contributed by atoms with Crippen molar-refractivity contribution in [2.45, 2.75) is 103 Å². The van der Waals surface area contributed by atoms with Crippen molar-refractivity contribution in [2.75, 3.05) is 54.1 Å². The Hall–Kier alpha value is -0.270. The van der Waals surface area contributed by atoms with Gasteiger partial charge in [0.2, 0.25) is 0 Å². The van der Waals surface area contributed by atoms with Gasteiger partial charge >= 0.3 is 7.82 Å². The molecule has 0 aromatic rings. The minimum atomic E-state index is -4.14. The lowest BCUT2D eigenvalue weighted by Crippen LogP contribution is -2.37. The quantitative estimate of drug-likeness (QED) is 0.0657. The Labute approximate surface area is 210 Å². The highest BCUT2D eigenvalue weighted by Crippen LogP contribution is 2.43. The second-order valence-electron chi connectivity index (χ2n) is 10.3. The van der Waals surface area contributed by atoms with Crippen molar-refractivity contribution in [3.63, 3.8) is 0 Å². The highest BCUT2D eigenvalue weighted by Gasteiger charge is 2.24. The van der Waals surface area contributed by atoms with Crippen molar-refractivity contribution in [3.8, 4) is 0 Å². The number of aliphatic hydroxyl groups excluding tert-OH is 1. The number of unbranched alkanes of at least 4 members (excludes halogenated alkanes) is 12. The summed E-state index contributed by atoms with van der Waals surface area (Å²) >= 11 is 0. The number of hydrogen-bond acceptors (Lipinski definition) is 5. The number of phosphoric ester groups is 1. The van der Waals surface area contributed by atoms with E-state index in [9.17, 15) is 14.6 Å². The first-order chi connectivity index (χ1) is 16.2. The standard InChI is InChI=1S/C26H54NO6P/c1-5-6-7-8-9-10-11-12-13-14-15-16-17-18-19-20-22-31-24-26(28)25-33-34(29,30)32-23-21-27(2,3)4/h12-13,26,28H,5-11,14-25H2,1-4H3/p+1/b13-12-/t26-/m1/s1. The first-order valence-electron chi connectivity index (χ1n) is 13.5. The van der Waals surface area contributed by atoms with Crippen LogP contribution in [-0.2, 0) is 18.3 Å². The number of hydrogen-bond donors (Lipinski definition) is 2. The fourth-order valence-corrected chi connectivity index (χ4v) is 4.11. The summed E-state index contributed by atoms with van der Waals surface area (Å²) in [6, 6.07) is 0. The van der Waals surface area contributed by atoms with Crippen LogP contribution in [0.15, 0.2) is 12.2 Å². The van der Waals surface area contributed by atoms with E-state index >= 15 is 0 Å². The van der Waals surface area contributed by atoms with Crippen molar-refractivity contribution in [1.29, 1.82) is 0 Å². The van der Waals surface area contributed by atoms with Crippen LogP contribution in [0.4, 0.5) is 0 Å². The number of ether oxygens (including phenoxy) is 1. The normalized spacial score (nSPS) is 15.1. The van der Waals surface area contributed by atoms with Gasteiger partial charge in [0.05, 0.1) is 34.4 Å². The number of rotatable bonds is 25. The molecule has 0 saturated heterocycles. The lowest BCUT2D eigenvalue weighted by molar-refractivity contribution is -0.870. The molecule has 0 aromatic carbocycles. The van der Waals surface area contributed by atoms with Crippen LogP contribution in [0.3, 0.4) is 0 Å². The van der Waals surface area contributed by atoms with Gasteiger partial charge in [0.1, 0.15) is 19.3 Å². The summed E-state index contributed by atoms with van der Waals surface area (Å²) in [7, 11) is 1.75. The van der Waals surface area contributed by atoms with Gasteiger partial charge in [-0.2, -0.15) is 0 Å². The third-order valence-corrected chi connectivity index (χ3v) is 6.54. The van der Waals surface area contributed by atoms with Gasteiger partial charge in [-0.3, -0.25) is 9.05 Å². The van der Waals surface area contributed by atoms with Crippen LogP contribution in [0.5, 0.6) is 0 Å². The highest BCUT2D eigenvalue weighted by atomic mass is 31.2. The van der Waals surface area contributed by atoms with Gasteiger partial charge in [0.25, 0.3) is 0 Å². The summed E-state index contributed by atoms with van der Waals surface area (Å²) in [6.45, 7) is 3.33. The largest absolute Gasteiger partial charge is 0.472 e. The Kier molecular flexibility index (Phi) is 21.8. The molecule has 0 heterocycles. The maximum atomic E-state index is 11.8. The van der Waals surface area contributed by atoms with Crippen molar-refractivity contribution in [3.05, 3.63) is 12.2 Å². The first-order valence-corrected chi connectivity index (χ1v) is 15.0. The zero-order valence-electron chi connectivity index (χ0n) is 22.6. The summed E-state index contributed by atoms with van der Waals surface area (Å²) < 4.78 is 27.6. The molecule has 0 aliphatic rings. The maximum absolute atomic E-state index is 11.8. The molecule has 0 amide bonds. The van der Waals surface area contributed by atoms with Gasteiger partial charge in [-0.25, -0.2) is 4.57 Å². The van der Waals surface area contributed by atoms with Crippen molar-refractivity contribution in [2.24, 2.45) is 0 Å². The minimum Gasteiger partial charge on any atom is -0.388 e. The Bertz CT molecular complexity index is 524. The fraction of sp³-hybridized carbons (Fsp3) is 0.923. The smallest absolute Gasteiger partial charge is 0.388 e. The summed E-state index contributed by atoms with van der Waals surface area (Å²) in [4.78, 5) is 9.64. The molecule has 0 aliphatic heterocycles. The Balaban J connectivity index is 3.43. The predicted molar refractivity (Wildman–Crippen MR) is 141 cm³/mol. The number of allylic oxidation sites excluding steroid dienone is 2. The monoisotopic (exact) mass is 508 g/mol. The molecule has 0 aromatic heterocycles. The van der Waals surface area contributed by atoms with E-state index in [0.29, 0.717) is 17.6 Å². The van der Waals surface area contributed by atoms with Crippen LogP contribution in [0, 0.1) is 0 Å². The molecule has 0 saturated carbocycles. The van der Waals surface area contributed by atoms with E-state index < -0.39 is 13.9 Å². The van der Waals surface area contributed by atoms with E-state index in [4.69, 9.17) is 13.8 Å². The van der Waals surface area contributed by atoms with Gasteiger partial charge in [0, 0.05) is 6.61 Å². The summed E-state index contributed by atoms with van der Waals surface area (Å²) in [6.07, 6.45) is 21.4. The molecule has 2 N–H and O–H groups in total. The van der Waals surface area contributed by atoms with Gasteiger partial charge in [0.15, 0.2) is 0 Å². The number of aliphatic hydroxyl groups is 1. The van der Waals surface area contributed by atoms with E-state index in [1.165, 1.54) is 77.0 Å². The molecule has 204 valence electrons. The van der Waals surface area contributed by atoms with E-state index in [1.54, 1.807) is 0 Å². The average Bonchev–Trinajstić information content (AvgIpc) is 2.76. The van der Waals surface area contributed by atoms with Crippen LogP contribution < -0.4 is 0 Å². The van der Waals surface area contributed by atoms with Gasteiger partial charge < -0.3 is 19.2 Å². The second-order valence-corrected chi connectivity index (χ2v) is 11.7. The number of likely N-dealkylation sites (N-methyl/N-ethyl adjacent to an activating group) is 1. The topological polar surface area (TPSA) is 85.2 Å². The fourth-order valence-electron chi connectivity index (χ4n) is 3.37. The molecule has 0 aliphatic carbocycles. The molecule has 8 heteroatoms. The molecule has 0 fully saturated rings. The molecule has 0 rings (SSSR count). The van der Waals surface area contributed by atoms with E-state index in [0.717, 1.165) is 12.8 Å². The lowest BCUT2D eigenvalue weighted by Gasteiger charge is -2.24. The molecule has 0 radical (unpaired) electrons. The first kappa shape index (κ1) is 33.7. The highest BCUT2D eigenvalue weighted by molar-refractivity contribution is 7.47. The third kappa shape index (κ3) is 26.3. The molecule has 2 atom stereocenters. The average molecular weight is 509 g/mol. The summed E-state index contributed by atoms with van der Waals surface area (Å²) in [5, 5.41) is 9.86. The van der Waals surface area contributed by atoms with Crippen LogP contribution in [0.1, 0.15) is 96.8 Å². The van der Waals surface area contributed by atoms with E-state index in [1.807, 2.05) is 21.1 Å². The zero-order valence-corrected chi connectivity index (χ0v) is 23.5. The van der Waals surface area contributed by atoms with Gasteiger partial charge in [-0.05, 0) is 32.1 Å². The van der Waals surface area contributed by atoms with E-state index in [-0.39, 0.29) is 19.8 Å². The lowest BCUT2D eigenvalue weighted by atomic mass is 10.1. The number of nitrogens with zero attached hydrogens (tertiary/aromatic N) is 1. The zero-order chi connectivity index (χ0) is 25.5. The SMILES string of the molecule is CCCCCCCC/C=C\CCCCCCCCOC[C@@H](O)COP(=O)(O)OCC[N+](C)(C)C. The van der Waals surface area contributed by atoms with Crippen LogP contribution in [-0.4, -0.2) is 74.7 Å². The maximum Gasteiger partial charge on any atom is 0.472 e. The van der Waals surface area contributed by atoms with Crippen LogP contribution in [0.25, 0.3) is 0 Å². The predicted octanol–water partition coefficient (Wildman–Crippen LogP) is 6.24. The van der Waals surface area contributed by atoms with Crippen LogP contribution >= 0.6 is 7.82 Å². The third-order valence-electron chi connectivity index (χ3n) is 5.56. The molecule has 0 bridgehead atoms.